The third kappa shape index (κ3) is 6.23. The standard InChI is InChI=1S/C19H25F3N2O3/c1-18(2)12-23(10-15(25)19(20,21)22)17(27)11-24(13-18)16(26)9-8-14-6-4-3-5-7-14/h3-7,15,25H,8-13H2,1-2H3. The fourth-order valence-electron chi connectivity index (χ4n) is 3.20. The lowest BCUT2D eigenvalue weighted by atomic mass is 9.92. The molecule has 1 saturated heterocycles. The van der Waals surface area contributed by atoms with Crippen LogP contribution in [-0.4, -0.2) is 65.2 Å². The highest BCUT2D eigenvalue weighted by Crippen LogP contribution is 2.26. The predicted molar refractivity (Wildman–Crippen MR) is 93.8 cm³/mol. The summed E-state index contributed by atoms with van der Waals surface area (Å²) in [5.41, 5.74) is 0.418. The van der Waals surface area contributed by atoms with Crippen molar-refractivity contribution in [1.82, 2.24) is 9.80 Å². The Morgan fingerprint density at radius 2 is 1.85 bits per heavy atom. The zero-order valence-electron chi connectivity index (χ0n) is 15.5. The van der Waals surface area contributed by atoms with E-state index in [1.54, 1.807) is 13.8 Å². The van der Waals surface area contributed by atoms with Crippen LogP contribution < -0.4 is 0 Å². The molecule has 1 N–H and O–H groups in total. The van der Waals surface area contributed by atoms with Crippen molar-refractivity contribution in [1.29, 1.82) is 0 Å². The van der Waals surface area contributed by atoms with Gasteiger partial charge in [-0.25, -0.2) is 0 Å². The normalized spacial score (nSPS) is 19.0. The maximum Gasteiger partial charge on any atom is 0.416 e. The van der Waals surface area contributed by atoms with Crippen molar-refractivity contribution in [2.45, 2.75) is 39.0 Å². The molecular formula is C19H25F3N2O3. The van der Waals surface area contributed by atoms with E-state index in [2.05, 4.69) is 0 Å². The van der Waals surface area contributed by atoms with Crippen LogP contribution in [0.4, 0.5) is 13.2 Å². The molecule has 1 aromatic rings. The number of alkyl halides is 3. The Morgan fingerprint density at radius 3 is 2.44 bits per heavy atom. The van der Waals surface area contributed by atoms with Crippen LogP contribution in [0, 0.1) is 5.41 Å². The Hall–Kier alpha value is -2.09. The number of β-amino-alcohol motifs (C(OH)–C–C–N with tert-alkyl or cyclic N) is 1. The Morgan fingerprint density at radius 1 is 1.22 bits per heavy atom. The zero-order chi connectivity index (χ0) is 20.2. The number of aliphatic hydroxyl groups is 1. The summed E-state index contributed by atoms with van der Waals surface area (Å²) in [5, 5.41) is 9.30. The number of amides is 2. The van der Waals surface area contributed by atoms with Crippen molar-refractivity contribution in [3.8, 4) is 0 Å². The molecule has 0 spiro atoms. The fraction of sp³-hybridized carbons (Fsp3) is 0.579. The second kappa shape index (κ2) is 8.29. The summed E-state index contributed by atoms with van der Waals surface area (Å²) in [5.74, 6) is -0.796. The van der Waals surface area contributed by atoms with Crippen molar-refractivity contribution < 1.29 is 27.9 Å². The van der Waals surface area contributed by atoms with E-state index >= 15 is 0 Å². The Labute approximate surface area is 156 Å². The first-order valence-corrected chi connectivity index (χ1v) is 8.82. The first kappa shape index (κ1) is 21.2. The van der Waals surface area contributed by atoms with Crippen LogP contribution in [0.15, 0.2) is 30.3 Å². The number of carbonyl (C=O) groups excluding carboxylic acids is 2. The van der Waals surface area contributed by atoms with E-state index in [0.717, 1.165) is 10.5 Å². The molecule has 0 aromatic heterocycles. The molecule has 150 valence electrons. The van der Waals surface area contributed by atoms with Gasteiger partial charge in [-0.3, -0.25) is 9.59 Å². The minimum absolute atomic E-state index is 0.0431. The highest BCUT2D eigenvalue weighted by molar-refractivity contribution is 5.85. The van der Waals surface area contributed by atoms with Crippen molar-refractivity contribution in [3.05, 3.63) is 35.9 Å². The number of halogens is 3. The van der Waals surface area contributed by atoms with Crippen molar-refractivity contribution >= 4 is 11.8 Å². The number of aryl methyl sites for hydroxylation is 1. The Kier molecular flexibility index (Phi) is 6.51. The number of rotatable bonds is 5. The number of hydrogen-bond donors (Lipinski definition) is 1. The van der Waals surface area contributed by atoms with Crippen molar-refractivity contribution in [3.63, 3.8) is 0 Å². The monoisotopic (exact) mass is 386 g/mol. The largest absolute Gasteiger partial charge is 0.416 e. The van der Waals surface area contributed by atoms with E-state index in [-0.39, 0.29) is 32.0 Å². The van der Waals surface area contributed by atoms with E-state index < -0.39 is 30.1 Å². The molecule has 8 heteroatoms. The fourth-order valence-corrected chi connectivity index (χ4v) is 3.20. The van der Waals surface area contributed by atoms with Gasteiger partial charge in [-0.1, -0.05) is 44.2 Å². The van der Waals surface area contributed by atoms with Gasteiger partial charge >= 0.3 is 6.18 Å². The highest BCUT2D eigenvalue weighted by Gasteiger charge is 2.42. The summed E-state index contributed by atoms with van der Waals surface area (Å²) in [6, 6.07) is 9.45. The second-order valence-electron chi connectivity index (χ2n) is 7.73. The molecular weight excluding hydrogens is 361 g/mol. The average Bonchev–Trinajstić information content (AvgIpc) is 2.68. The smallest absolute Gasteiger partial charge is 0.382 e. The van der Waals surface area contributed by atoms with Gasteiger partial charge in [0.2, 0.25) is 11.8 Å². The van der Waals surface area contributed by atoms with Crippen molar-refractivity contribution in [2.24, 2.45) is 5.41 Å². The molecule has 0 saturated carbocycles. The molecule has 1 atom stereocenters. The average molecular weight is 386 g/mol. The molecule has 5 nitrogen and oxygen atoms in total. The number of carbonyl (C=O) groups is 2. The molecule has 0 bridgehead atoms. The lowest BCUT2D eigenvalue weighted by molar-refractivity contribution is -0.208. The molecule has 27 heavy (non-hydrogen) atoms. The lowest BCUT2D eigenvalue weighted by Crippen LogP contribution is -2.47. The van der Waals surface area contributed by atoms with E-state index in [1.807, 2.05) is 30.3 Å². The van der Waals surface area contributed by atoms with E-state index in [4.69, 9.17) is 0 Å². The van der Waals surface area contributed by atoms with Gasteiger partial charge in [0.25, 0.3) is 0 Å². The third-order valence-electron chi connectivity index (χ3n) is 4.51. The van der Waals surface area contributed by atoms with Gasteiger partial charge in [0, 0.05) is 19.5 Å². The van der Waals surface area contributed by atoms with Crippen LogP contribution in [0.2, 0.25) is 0 Å². The number of benzene rings is 1. The molecule has 2 rings (SSSR count). The summed E-state index contributed by atoms with van der Waals surface area (Å²) in [6.07, 6.45) is -6.64. The van der Waals surface area contributed by atoms with Crippen LogP contribution >= 0.6 is 0 Å². The predicted octanol–water partition coefficient (Wildman–Crippen LogP) is 2.24. The van der Waals surface area contributed by atoms with E-state index in [1.165, 1.54) is 4.90 Å². The number of nitrogens with zero attached hydrogens (tertiary/aromatic N) is 2. The second-order valence-corrected chi connectivity index (χ2v) is 7.73. The Bertz CT molecular complexity index is 662. The summed E-state index contributed by atoms with van der Waals surface area (Å²) in [6.45, 7) is 2.79. The van der Waals surface area contributed by atoms with Gasteiger partial charge in [0.05, 0.1) is 13.1 Å². The molecule has 1 aliphatic rings. The zero-order valence-corrected chi connectivity index (χ0v) is 15.5. The molecule has 1 aromatic carbocycles. The molecule has 1 fully saturated rings. The quantitative estimate of drug-likeness (QED) is 0.844. The summed E-state index contributed by atoms with van der Waals surface area (Å²) in [4.78, 5) is 27.4. The third-order valence-corrected chi connectivity index (χ3v) is 4.51. The minimum atomic E-state index is -4.79. The highest BCUT2D eigenvalue weighted by atomic mass is 19.4. The molecule has 1 aliphatic heterocycles. The topological polar surface area (TPSA) is 60.9 Å². The van der Waals surface area contributed by atoms with Gasteiger partial charge < -0.3 is 14.9 Å². The van der Waals surface area contributed by atoms with Crippen LogP contribution in [0.5, 0.6) is 0 Å². The van der Waals surface area contributed by atoms with Gasteiger partial charge in [0.1, 0.15) is 0 Å². The molecule has 2 amide bonds. The number of hydrogen-bond acceptors (Lipinski definition) is 3. The SMILES string of the molecule is CC1(C)CN(C(=O)CCc2ccccc2)CC(=O)N(CC(O)C(F)(F)F)C1. The first-order valence-electron chi connectivity index (χ1n) is 8.82. The minimum Gasteiger partial charge on any atom is -0.382 e. The van der Waals surface area contributed by atoms with Gasteiger partial charge in [-0.15, -0.1) is 0 Å². The van der Waals surface area contributed by atoms with Crippen LogP contribution in [0.3, 0.4) is 0 Å². The maximum atomic E-state index is 12.6. The van der Waals surface area contributed by atoms with E-state index in [9.17, 15) is 27.9 Å². The maximum absolute atomic E-state index is 12.6. The van der Waals surface area contributed by atoms with Crippen LogP contribution in [0.25, 0.3) is 0 Å². The summed E-state index contributed by atoms with van der Waals surface area (Å²) < 4.78 is 37.9. The Balaban J connectivity index is 2.03. The van der Waals surface area contributed by atoms with E-state index in [0.29, 0.717) is 6.42 Å². The lowest BCUT2D eigenvalue weighted by Gasteiger charge is -2.31. The molecule has 1 unspecified atom stereocenters. The van der Waals surface area contributed by atoms with Crippen molar-refractivity contribution in [2.75, 3.05) is 26.2 Å². The summed E-state index contributed by atoms with van der Waals surface area (Å²) >= 11 is 0. The molecule has 0 radical (unpaired) electrons. The number of aliphatic hydroxyl groups excluding tert-OH is 1. The van der Waals surface area contributed by atoms with Crippen LogP contribution in [-0.2, 0) is 16.0 Å². The molecule has 1 heterocycles. The summed E-state index contributed by atoms with van der Waals surface area (Å²) in [7, 11) is 0. The van der Waals surface area contributed by atoms with Gasteiger partial charge in [-0.2, -0.15) is 13.2 Å². The van der Waals surface area contributed by atoms with Gasteiger partial charge in [0.15, 0.2) is 6.10 Å². The van der Waals surface area contributed by atoms with Gasteiger partial charge in [-0.05, 0) is 17.4 Å². The van der Waals surface area contributed by atoms with Crippen LogP contribution in [0.1, 0.15) is 25.8 Å². The first-order chi connectivity index (χ1) is 12.5. The molecule has 0 aliphatic carbocycles.